The van der Waals surface area contributed by atoms with Crippen LogP contribution in [0.15, 0.2) is 53.0 Å². The van der Waals surface area contributed by atoms with Crippen LogP contribution in [0.2, 0.25) is 0 Å². The minimum Gasteiger partial charge on any atom is -0.0609 e. The topological polar surface area (TPSA) is 0 Å². The standard InChI is InChI=1S/C19H21Br/c1-19(2,3)15-9-7-13(8-10-15)17-12-18(17)14-5-4-6-16(20)11-14/h4-11,17-18H,12H2,1-3H3/t17-,18+/m1/s1. The van der Waals surface area contributed by atoms with E-state index in [1.807, 2.05) is 0 Å². The molecule has 2 aromatic carbocycles. The molecule has 0 bridgehead atoms. The average molecular weight is 329 g/mol. The zero-order valence-electron chi connectivity index (χ0n) is 12.4. The van der Waals surface area contributed by atoms with Crippen LogP contribution >= 0.6 is 15.9 Å². The van der Waals surface area contributed by atoms with Crippen LogP contribution in [0, 0.1) is 0 Å². The minimum atomic E-state index is 0.242. The Hall–Kier alpha value is -1.08. The molecular formula is C19H21Br. The predicted molar refractivity (Wildman–Crippen MR) is 89.4 cm³/mol. The molecule has 0 N–H and O–H groups in total. The van der Waals surface area contributed by atoms with Crippen molar-refractivity contribution in [2.75, 3.05) is 0 Å². The molecule has 1 heteroatoms. The molecule has 0 spiro atoms. The number of rotatable bonds is 2. The highest BCUT2D eigenvalue weighted by Crippen LogP contribution is 2.54. The summed E-state index contributed by atoms with van der Waals surface area (Å²) in [7, 11) is 0. The van der Waals surface area contributed by atoms with Crippen molar-refractivity contribution in [1.82, 2.24) is 0 Å². The molecule has 1 fully saturated rings. The Bertz CT molecular complexity index is 604. The summed E-state index contributed by atoms with van der Waals surface area (Å²) < 4.78 is 1.18. The van der Waals surface area contributed by atoms with E-state index in [9.17, 15) is 0 Å². The first-order valence-electron chi connectivity index (χ1n) is 7.31. The number of hydrogen-bond donors (Lipinski definition) is 0. The second-order valence-corrected chi connectivity index (χ2v) is 7.79. The quantitative estimate of drug-likeness (QED) is 0.632. The van der Waals surface area contributed by atoms with Gasteiger partial charge in [-0.05, 0) is 52.5 Å². The summed E-state index contributed by atoms with van der Waals surface area (Å²) in [5, 5.41) is 0. The molecule has 104 valence electrons. The van der Waals surface area contributed by atoms with Crippen molar-refractivity contribution >= 4 is 15.9 Å². The van der Waals surface area contributed by atoms with Gasteiger partial charge in [-0.15, -0.1) is 0 Å². The van der Waals surface area contributed by atoms with Crippen molar-refractivity contribution < 1.29 is 0 Å². The summed E-state index contributed by atoms with van der Waals surface area (Å²) in [6.45, 7) is 6.80. The van der Waals surface area contributed by atoms with Crippen molar-refractivity contribution in [2.24, 2.45) is 0 Å². The van der Waals surface area contributed by atoms with Gasteiger partial charge in [-0.1, -0.05) is 73.1 Å². The number of halogens is 1. The largest absolute Gasteiger partial charge is 0.0609 e. The minimum absolute atomic E-state index is 0.242. The molecule has 2 aromatic rings. The normalized spacial score (nSPS) is 21.8. The van der Waals surface area contributed by atoms with E-state index >= 15 is 0 Å². The zero-order chi connectivity index (χ0) is 14.3. The lowest BCUT2D eigenvalue weighted by Gasteiger charge is -2.19. The van der Waals surface area contributed by atoms with Gasteiger partial charge in [-0.3, -0.25) is 0 Å². The molecule has 0 heterocycles. The molecule has 0 unspecified atom stereocenters. The van der Waals surface area contributed by atoms with Gasteiger partial charge in [-0.2, -0.15) is 0 Å². The van der Waals surface area contributed by atoms with Crippen LogP contribution in [0.25, 0.3) is 0 Å². The van der Waals surface area contributed by atoms with E-state index in [1.165, 1.54) is 27.6 Å². The zero-order valence-corrected chi connectivity index (χ0v) is 13.9. The summed E-state index contributed by atoms with van der Waals surface area (Å²) in [5.41, 5.74) is 4.61. The molecule has 0 nitrogen and oxygen atoms in total. The molecule has 1 aliphatic carbocycles. The Morgan fingerprint density at radius 1 is 0.900 bits per heavy atom. The van der Waals surface area contributed by atoms with Crippen molar-refractivity contribution in [3.8, 4) is 0 Å². The van der Waals surface area contributed by atoms with Gasteiger partial charge in [0, 0.05) is 4.47 Å². The molecule has 2 atom stereocenters. The van der Waals surface area contributed by atoms with Gasteiger partial charge < -0.3 is 0 Å². The van der Waals surface area contributed by atoms with Gasteiger partial charge in [0.2, 0.25) is 0 Å². The second-order valence-electron chi connectivity index (χ2n) is 6.88. The Labute approximate surface area is 130 Å². The van der Waals surface area contributed by atoms with Crippen LogP contribution in [0.3, 0.4) is 0 Å². The van der Waals surface area contributed by atoms with Crippen molar-refractivity contribution in [2.45, 2.75) is 44.4 Å². The molecular weight excluding hydrogens is 308 g/mol. The van der Waals surface area contributed by atoms with E-state index in [-0.39, 0.29) is 5.41 Å². The van der Waals surface area contributed by atoms with Gasteiger partial charge in [0.1, 0.15) is 0 Å². The first kappa shape index (κ1) is 13.9. The van der Waals surface area contributed by atoms with Crippen molar-refractivity contribution in [1.29, 1.82) is 0 Å². The number of benzene rings is 2. The summed E-state index contributed by atoms with van der Waals surface area (Å²) in [4.78, 5) is 0. The lowest BCUT2D eigenvalue weighted by atomic mass is 9.86. The molecule has 0 aromatic heterocycles. The molecule has 3 rings (SSSR count). The van der Waals surface area contributed by atoms with Crippen LogP contribution in [0.1, 0.15) is 55.7 Å². The molecule has 20 heavy (non-hydrogen) atoms. The highest BCUT2D eigenvalue weighted by Gasteiger charge is 2.39. The lowest BCUT2D eigenvalue weighted by molar-refractivity contribution is 0.590. The highest BCUT2D eigenvalue weighted by atomic mass is 79.9. The summed E-state index contributed by atoms with van der Waals surface area (Å²) in [5.74, 6) is 1.41. The lowest BCUT2D eigenvalue weighted by Crippen LogP contribution is -2.10. The van der Waals surface area contributed by atoms with E-state index in [0.29, 0.717) is 11.8 Å². The summed E-state index contributed by atoms with van der Waals surface area (Å²) in [6.07, 6.45) is 1.28. The van der Waals surface area contributed by atoms with Crippen molar-refractivity contribution in [3.05, 3.63) is 69.7 Å². The Kier molecular flexibility index (Phi) is 3.50. The van der Waals surface area contributed by atoms with E-state index < -0.39 is 0 Å². The molecule has 0 saturated heterocycles. The van der Waals surface area contributed by atoms with Gasteiger partial charge in [0.25, 0.3) is 0 Å². The molecule has 1 aliphatic rings. The molecule has 1 saturated carbocycles. The monoisotopic (exact) mass is 328 g/mol. The molecule has 0 radical (unpaired) electrons. The van der Waals surface area contributed by atoms with Crippen LogP contribution in [0.5, 0.6) is 0 Å². The Balaban J connectivity index is 1.76. The highest BCUT2D eigenvalue weighted by molar-refractivity contribution is 9.10. The Morgan fingerprint density at radius 3 is 2.15 bits per heavy atom. The summed E-state index contributed by atoms with van der Waals surface area (Å²) >= 11 is 3.57. The van der Waals surface area contributed by atoms with Crippen LogP contribution < -0.4 is 0 Å². The van der Waals surface area contributed by atoms with E-state index in [0.717, 1.165) is 0 Å². The van der Waals surface area contributed by atoms with E-state index in [1.54, 1.807) is 0 Å². The fourth-order valence-electron chi connectivity index (χ4n) is 2.90. The third-order valence-electron chi connectivity index (χ3n) is 4.27. The van der Waals surface area contributed by atoms with Gasteiger partial charge >= 0.3 is 0 Å². The first-order valence-corrected chi connectivity index (χ1v) is 8.10. The van der Waals surface area contributed by atoms with Crippen LogP contribution in [-0.4, -0.2) is 0 Å². The SMILES string of the molecule is CC(C)(C)c1ccc([C@H]2C[C@H]2c2cccc(Br)c2)cc1. The third-order valence-corrected chi connectivity index (χ3v) is 4.77. The second kappa shape index (κ2) is 5.04. The smallest absolute Gasteiger partial charge is 0.0178 e. The Morgan fingerprint density at radius 2 is 1.55 bits per heavy atom. The maximum Gasteiger partial charge on any atom is 0.0178 e. The fourth-order valence-corrected chi connectivity index (χ4v) is 3.32. The van der Waals surface area contributed by atoms with Crippen LogP contribution in [0.4, 0.5) is 0 Å². The van der Waals surface area contributed by atoms with Crippen molar-refractivity contribution in [3.63, 3.8) is 0 Å². The molecule has 0 aliphatic heterocycles. The molecule has 0 amide bonds. The maximum absolute atomic E-state index is 3.57. The average Bonchev–Trinajstić information content (AvgIpc) is 3.18. The van der Waals surface area contributed by atoms with E-state index in [2.05, 4.69) is 85.2 Å². The fraction of sp³-hybridized carbons (Fsp3) is 0.368. The third kappa shape index (κ3) is 2.83. The van der Waals surface area contributed by atoms with Gasteiger partial charge in [0.15, 0.2) is 0 Å². The van der Waals surface area contributed by atoms with Gasteiger partial charge in [0.05, 0.1) is 0 Å². The summed E-state index contributed by atoms with van der Waals surface area (Å²) in [6, 6.07) is 18.0. The number of hydrogen-bond acceptors (Lipinski definition) is 0. The van der Waals surface area contributed by atoms with Gasteiger partial charge in [-0.25, -0.2) is 0 Å². The van der Waals surface area contributed by atoms with E-state index in [4.69, 9.17) is 0 Å². The maximum atomic E-state index is 3.57. The first-order chi connectivity index (χ1) is 9.45. The predicted octanol–water partition coefficient (Wildman–Crippen LogP) is 6.02. The van der Waals surface area contributed by atoms with Crippen LogP contribution in [-0.2, 0) is 5.41 Å².